The molecule has 1 unspecified atom stereocenters. The molecule has 124 valence electrons. The van der Waals surface area contributed by atoms with Crippen LogP contribution in [0.2, 0.25) is 0 Å². The summed E-state index contributed by atoms with van der Waals surface area (Å²) in [6.07, 6.45) is 0. The molecule has 0 spiro atoms. The lowest BCUT2D eigenvalue weighted by Crippen LogP contribution is -2.29. The van der Waals surface area contributed by atoms with Crippen molar-refractivity contribution in [3.05, 3.63) is 58.2 Å². The number of ether oxygens (including phenoxy) is 3. The van der Waals surface area contributed by atoms with Gasteiger partial charge >= 0.3 is 11.9 Å². The van der Waals surface area contributed by atoms with Crippen molar-refractivity contribution in [1.82, 2.24) is 0 Å². The van der Waals surface area contributed by atoms with Gasteiger partial charge in [0.15, 0.2) is 0 Å². The van der Waals surface area contributed by atoms with Crippen LogP contribution < -0.4 is 5.73 Å². The smallest absolute Gasteiger partial charge is 0.340 e. The normalized spacial score (nSPS) is 17.0. The van der Waals surface area contributed by atoms with Crippen LogP contribution in [0, 0.1) is 11.3 Å². The summed E-state index contributed by atoms with van der Waals surface area (Å²) in [6, 6.07) is 8.45. The lowest BCUT2D eigenvalue weighted by atomic mass is 9.82. The molecule has 1 aliphatic rings. The molecule has 1 atom stereocenters. The topological polar surface area (TPSA) is 112 Å². The third-order valence-electron chi connectivity index (χ3n) is 3.67. The number of nitriles is 1. The van der Waals surface area contributed by atoms with Gasteiger partial charge in [-0.15, -0.1) is 0 Å². The van der Waals surface area contributed by atoms with Crippen LogP contribution in [0.1, 0.15) is 24.0 Å². The number of methoxy groups -OCH3 is 2. The molecule has 0 fully saturated rings. The minimum absolute atomic E-state index is 0.00760. The zero-order chi connectivity index (χ0) is 17.9. The monoisotopic (exact) mass is 328 g/mol. The first-order valence-electron chi connectivity index (χ1n) is 6.99. The Bertz CT molecular complexity index is 746. The molecule has 0 aliphatic carbocycles. The maximum Gasteiger partial charge on any atom is 0.340 e. The molecule has 0 amide bonds. The van der Waals surface area contributed by atoms with E-state index in [0.29, 0.717) is 11.1 Å². The number of carbonyl (C=O) groups excluding carboxylic acids is 2. The fourth-order valence-corrected chi connectivity index (χ4v) is 2.55. The van der Waals surface area contributed by atoms with Crippen LogP contribution in [0.3, 0.4) is 0 Å². The van der Waals surface area contributed by atoms with Crippen molar-refractivity contribution < 1.29 is 23.8 Å². The van der Waals surface area contributed by atoms with E-state index in [0.717, 1.165) is 0 Å². The third-order valence-corrected chi connectivity index (χ3v) is 3.67. The number of esters is 2. The highest BCUT2D eigenvalue weighted by molar-refractivity contribution is 5.99. The van der Waals surface area contributed by atoms with Crippen molar-refractivity contribution >= 4 is 11.9 Å². The number of allylic oxidation sites excluding steroid dienone is 1. The molecule has 1 heterocycles. The number of hydrogen-bond donors (Lipinski definition) is 1. The summed E-state index contributed by atoms with van der Waals surface area (Å²) in [5, 5.41) is 8.92. The second-order valence-corrected chi connectivity index (χ2v) is 5.00. The molecule has 0 bridgehead atoms. The lowest BCUT2D eigenvalue weighted by molar-refractivity contribution is -0.137. The van der Waals surface area contributed by atoms with Crippen molar-refractivity contribution in [2.45, 2.75) is 12.8 Å². The average Bonchev–Trinajstić information content (AvgIpc) is 2.60. The van der Waals surface area contributed by atoms with Gasteiger partial charge in [0.25, 0.3) is 0 Å². The van der Waals surface area contributed by atoms with E-state index in [4.69, 9.17) is 25.2 Å². The quantitative estimate of drug-likeness (QED) is 0.836. The lowest BCUT2D eigenvalue weighted by Gasteiger charge is -2.28. The highest BCUT2D eigenvalue weighted by Gasteiger charge is 2.39. The molecule has 7 nitrogen and oxygen atoms in total. The average molecular weight is 328 g/mol. The fraction of sp³-hybridized carbons (Fsp3) is 0.235. The van der Waals surface area contributed by atoms with Crippen LogP contribution in [0.5, 0.6) is 0 Å². The molecule has 0 saturated carbocycles. The van der Waals surface area contributed by atoms with Gasteiger partial charge in [-0.1, -0.05) is 12.1 Å². The van der Waals surface area contributed by atoms with E-state index in [-0.39, 0.29) is 22.8 Å². The number of carbonyl (C=O) groups is 2. The Balaban J connectivity index is 2.67. The first kappa shape index (κ1) is 17.1. The zero-order valence-corrected chi connectivity index (χ0v) is 13.5. The van der Waals surface area contributed by atoms with Crippen LogP contribution in [0.15, 0.2) is 47.1 Å². The summed E-state index contributed by atoms with van der Waals surface area (Å²) in [6.45, 7) is 1.56. The molecule has 24 heavy (non-hydrogen) atoms. The van der Waals surface area contributed by atoms with Crippen molar-refractivity contribution in [3.63, 3.8) is 0 Å². The van der Waals surface area contributed by atoms with E-state index >= 15 is 0 Å². The Kier molecular flexibility index (Phi) is 4.90. The third kappa shape index (κ3) is 2.94. The number of benzene rings is 1. The summed E-state index contributed by atoms with van der Waals surface area (Å²) in [4.78, 5) is 24.4. The van der Waals surface area contributed by atoms with Gasteiger partial charge in [-0.2, -0.15) is 5.26 Å². The van der Waals surface area contributed by atoms with Gasteiger partial charge in [-0.05, 0) is 24.6 Å². The summed E-state index contributed by atoms with van der Waals surface area (Å²) < 4.78 is 14.9. The second-order valence-electron chi connectivity index (χ2n) is 5.00. The highest BCUT2D eigenvalue weighted by Crippen LogP contribution is 2.40. The molecular weight excluding hydrogens is 312 g/mol. The standard InChI is InChI=1S/C17H16N2O5/c1-9-12(16(20)22-2)13(11-6-4-10(8-18)5-7-11)14(15(19)24-9)17(21)23-3/h4-7,13H,19H2,1-3H3. The number of nitrogens with two attached hydrogens (primary N) is 1. The molecule has 1 aromatic rings. The van der Waals surface area contributed by atoms with E-state index in [2.05, 4.69) is 0 Å². The Hall–Kier alpha value is -3.27. The van der Waals surface area contributed by atoms with Crippen LogP contribution in [0.4, 0.5) is 0 Å². The van der Waals surface area contributed by atoms with Crippen molar-refractivity contribution in [1.29, 1.82) is 5.26 Å². The fourth-order valence-electron chi connectivity index (χ4n) is 2.55. The summed E-state index contributed by atoms with van der Waals surface area (Å²) in [7, 11) is 2.44. The van der Waals surface area contributed by atoms with E-state index < -0.39 is 17.9 Å². The van der Waals surface area contributed by atoms with Crippen molar-refractivity contribution in [2.24, 2.45) is 5.73 Å². The highest BCUT2D eigenvalue weighted by atomic mass is 16.5. The van der Waals surface area contributed by atoms with E-state index in [1.165, 1.54) is 14.2 Å². The van der Waals surface area contributed by atoms with E-state index in [9.17, 15) is 9.59 Å². The molecule has 2 rings (SSSR count). The number of hydrogen-bond acceptors (Lipinski definition) is 7. The van der Waals surface area contributed by atoms with Gasteiger partial charge in [0.1, 0.15) is 11.3 Å². The van der Waals surface area contributed by atoms with Gasteiger partial charge in [-0.25, -0.2) is 9.59 Å². The van der Waals surface area contributed by atoms with Crippen molar-refractivity contribution in [3.8, 4) is 6.07 Å². The Labute approximate surface area is 138 Å². The summed E-state index contributed by atoms with van der Waals surface area (Å²) in [5.41, 5.74) is 7.04. The van der Waals surface area contributed by atoms with Crippen molar-refractivity contribution in [2.75, 3.05) is 14.2 Å². The van der Waals surface area contributed by atoms with Crippen LogP contribution in [-0.2, 0) is 23.8 Å². The molecular formula is C17H16N2O5. The zero-order valence-electron chi connectivity index (χ0n) is 13.5. The van der Waals surface area contributed by atoms with Gasteiger partial charge < -0.3 is 19.9 Å². The molecule has 7 heteroatoms. The van der Waals surface area contributed by atoms with Crippen LogP contribution >= 0.6 is 0 Å². The molecule has 0 aromatic heterocycles. The molecule has 0 saturated heterocycles. The van der Waals surface area contributed by atoms with Gasteiger partial charge in [0.2, 0.25) is 5.88 Å². The van der Waals surface area contributed by atoms with Gasteiger partial charge in [0.05, 0.1) is 37.3 Å². The predicted octanol–water partition coefficient (Wildman–Crippen LogP) is 1.46. The van der Waals surface area contributed by atoms with Crippen LogP contribution in [-0.4, -0.2) is 26.2 Å². The SMILES string of the molecule is COC(=O)C1=C(C)OC(N)=C(C(=O)OC)C1c1ccc(C#N)cc1. The minimum atomic E-state index is -0.814. The minimum Gasteiger partial charge on any atom is -0.466 e. The number of nitrogens with zero attached hydrogens (tertiary/aromatic N) is 1. The van der Waals surface area contributed by atoms with Gasteiger partial charge in [-0.3, -0.25) is 0 Å². The molecule has 1 aliphatic heterocycles. The molecule has 1 aromatic carbocycles. The first-order chi connectivity index (χ1) is 11.4. The Morgan fingerprint density at radius 1 is 1.12 bits per heavy atom. The largest absolute Gasteiger partial charge is 0.466 e. The predicted molar refractivity (Wildman–Crippen MR) is 82.9 cm³/mol. The summed E-state index contributed by atoms with van der Waals surface area (Å²) >= 11 is 0. The van der Waals surface area contributed by atoms with E-state index in [1.807, 2.05) is 6.07 Å². The van der Waals surface area contributed by atoms with E-state index in [1.54, 1.807) is 31.2 Å². The second kappa shape index (κ2) is 6.87. The number of rotatable bonds is 3. The van der Waals surface area contributed by atoms with Gasteiger partial charge in [0, 0.05) is 0 Å². The maximum atomic E-state index is 12.2. The molecule has 2 N–H and O–H groups in total. The Morgan fingerprint density at radius 2 is 1.67 bits per heavy atom. The Morgan fingerprint density at radius 3 is 2.17 bits per heavy atom. The maximum absolute atomic E-state index is 12.2. The van der Waals surface area contributed by atoms with Crippen LogP contribution in [0.25, 0.3) is 0 Å². The summed E-state index contributed by atoms with van der Waals surface area (Å²) in [5.74, 6) is -2.07. The molecule has 0 radical (unpaired) electrons. The first-order valence-corrected chi connectivity index (χ1v) is 6.99.